The highest BCUT2D eigenvalue weighted by molar-refractivity contribution is 7.14. The van der Waals surface area contributed by atoms with Gasteiger partial charge < -0.3 is 4.74 Å². The number of aromatic nitrogens is 2. The third-order valence-corrected chi connectivity index (χ3v) is 6.24. The Morgan fingerprint density at radius 2 is 2.12 bits per heavy atom. The molecule has 0 unspecified atom stereocenters. The second-order valence-corrected chi connectivity index (χ2v) is 8.02. The predicted octanol–water partition coefficient (Wildman–Crippen LogP) is 3.34. The molecule has 2 aromatic rings. The lowest BCUT2D eigenvalue weighted by atomic mass is 10.2. The summed E-state index contributed by atoms with van der Waals surface area (Å²) in [5.41, 5.74) is 0.671. The Bertz CT molecular complexity index is 878. The molecule has 0 N–H and O–H groups in total. The van der Waals surface area contributed by atoms with Crippen LogP contribution in [0.3, 0.4) is 0 Å². The van der Waals surface area contributed by atoms with Crippen molar-refractivity contribution < 1.29 is 9.53 Å². The molecular weight excluding hydrogens is 382 g/mol. The number of halogens is 1. The monoisotopic (exact) mass is 401 g/mol. The van der Waals surface area contributed by atoms with Crippen molar-refractivity contribution in [2.24, 2.45) is 4.99 Å². The van der Waals surface area contributed by atoms with Crippen LogP contribution in [0.25, 0.3) is 0 Å². The third kappa shape index (κ3) is 4.24. The van der Waals surface area contributed by atoms with Gasteiger partial charge in [-0.05, 0) is 30.6 Å². The van der Waals surface area contributed by atoms with Crippen LogP contribution in [0.5, 0.6) is 0 Å². The molecule has 0 atom stereocenters. The summed E-state index contributed by atoms with van der Waals surface area (Å²) >= 11 is 8.74. The molecule has 2 aromatic heterocycles. The van der Waals surface area contributed by atoms with Crippen molar-refractivity contribution >= 4 is 45.2 Å². The SMILES string of the molecule is CCCCOC(=O)Cc1c(Cl)csc1N=c1sc(=O)n2n1CCCC2. The van der Waals surface area contributed by atoms with Gasteiger partial charge in [-0.15, -0.1) is 11.3 Å². The van der Waals surface area contributed by atoms with Crippen LogP contribution >= 0.6 is 34.3 Å². The van der Waals surface area contributed by atoms with Gasteiger partial charge in [-0.2, -0.15) is 0 Å². The van der Waals surface area contributed by atoms with Crippen LogP contribution in [0, 0.1) is 0 Å². The summed E-state index contributed by atoms with van der Waals surface area (Å²) in [6, 6.07) is 0. The number of hydrogen-bond donors (Lipinski definition) is 0. The zero-order valence-electron chi connectivity index (χ0n) is 14.0. The molecule has 0 fully saturated rings. The fraction of sp³-hybridized carbons (Fsp3) is 0.562. The van der Waals surface area contributed by atoms with Crippen LogP contribution in [0.15, 0.2) is 15.2 Å². The second-order valence-electron chi connectivity index (χ2n) is 5.83. The zero-order valence-corrected chi connectivity index (χ0v) is 16.4. The van der Waals surface area contributed by atoms with Gasteiger partial charge in [0.25, 0.3) is 0 Å². The van der Waals surface area contributed by atoms with E-state index < -0.39 is 0 Å². The number of rotatable bonds is 6. The number of fused-ring (bicyclic) bond motifs is 1. The Hall–Kier alpha value is -1.38. The molecule has 0 radical (unpaired) electrons. The van der Waals surface area contributed by atoms with E-state index in [9.17, 15) is 9.59 Å². The summed E-state index contributed by atoms with van der Waals surface area (Å²) in [5, 5.41) is 2.95. The standard InChI is InChI=1S/C16H20ClN3O3S2/c1-2-3-8-23-13(21)9-11-12(17)10-24-14(11)18-15-19-6-4-5-7-20(19)16(22)25-15/h10H,2-9H2,1H3. The molecule has 6 nitrogen and oxygen atoms in total. The maximum absolute atomic E-state index is 12.1. The molecule has 0 spiro atoms. The second kappa shape index (κ2) is 8.33. The number of thiophene rings is 1. The Morgan fingerprint density at radius 3 is 2.88 bits per heavy atom. The van der Waals surface area contributed by atoms with Crippen molar-refractivity contribution in [3.05, 3.63) is 30.4 Å². The van der Waals surface area contributed by atoms with Crippen LogP contribution < -0.4 is 9.67 Å². The van der Waals surface area contributed by atoms with E-state index in [1.807, 2.05) is 11.6 Å². The van der Waals surface area contributed by atoms with Gasteiger partial charge in [0, 0.05) is 24.0 Å². The van der Waals surface area contributed by atoms with Crippen molar-refractivity contribution in [2.45, 2.75) is 52.1 Å². The first kappa shape index (κ1) is 18.4. The highest BCUT2D eigenvalue weighted by Crippen LogP contribution is 2.34. The van der Waals surface area contributed by atoms with Crippen LogP contribution in [0.1, 0.15) is 38.2 Å². The third-order valence-electron chi connectivity index (χ3n) is 3.99. The van der Waals surface area contributed by atoms with Gasteiger partial charge in [0.05, 0.1) is 18.1 Å². The van der Waals surface area contributed by atoms with Crippen molar-refractivity contribution in [1.29, 1.82) is 0 Å². The number of carbonyl (C=O) groups excluding carboxylic acids is 1. The molecule has 3 heterocycles. The molecule has 25 heavy (non-hydrogen) atoms. The summed E-state index contributed by atoms with van der Waals surface area (Å²) in [5.74, 6) is -0.301. The van der Waals surface area contributed by atoms with Gasteiger partial charge >= 0.3 is 10.8 Å². The first-order valence-corrected chi connectivity index (χ1v) is 10.4. The molecule has 0 saturated carbocycles. The molecule has 0 aliphatic carbocycles. The molecule has 3 rings (SSSR count). The van der Waals surface area contributed by atoms with Crippen molar-refractivity contribution in [3.8, 4) is 0 Å². The minimum absolute atomic E-state index is 0.00151. The van der Waals surface area contributed by atoms with E-state index in [0.29, 0.717) is 27.0 Å². The molecule has 0 saturated heterocycles. The first-order chi connectivity index (χ1) is 12.1. The van der Waals surface area contributed by atoms with E-state index in [2.05, 4.69) is 4.99 Å². The number of unbranched alkanes of at least 4 members (excludes halogenated alkanes) is 1. The molecule has 1 aliphatic rings. The molecule has 0 aromatic carbocycles. The van der Waals surface area contributed by atoms with E-state index >= 15 is 0 Å². The zero-order chi connectivity index (χ0) is 17.8. The quantitative estimate of drug-likeness (QED) is 0.550. The minimum Gasteiger partial charge on any atom is -0.465 e. The maximum Gasteiger partial charge on any atom is 0.325 e. The summed E-state index contributed by atoms with van der Waals surface area (Å²) in [6.45, 7) is 3.98. The van der Waals surface area contributed by atoms with Crippen LogP contribution in [-0.2, 0) is 29.0 Å². The normalized spacial score (nSPS) is 14.6. The summed E-state index contributed by atoms with van der Waals surface area (Å²) < 4.78 is 8.88. The fourth-order valence-corrected chi connectivity index (χ4v) is 4.74. The number of hydrogen-bond acceptors (Lipinski definition) is 6. The number of ether oxygens (including phenoxy) is 1. The molecule has 1 aliphatic heterocycles. The lowest BCUT2D eigenvalue weighted by molar-refractivity contribution is -0.142. The first-order valence-electron chi connectivity index (χ1n) is 8.37. The molecule has 0 bridgehead atoms. The smallest absolute Gasteiger partial charge is 0.325 e. The Labute approximate surface area is 158 Å². The molecule has 136 valence electrons. The van der Waals surface area contributed by atoms with Crippen LogP contribution in [0.4, 0.5) is 5.00 Å². The van der Waals surface area contributed by atoms with Gasteiger partial charge in [0.15, 0.2) is 0 Å². The number of nitrogens with zero attached hydrogens (tertiary/aromatic N) is 3. The van der Waals surface area contributed by atoms with Crippen LogP contribution in [0.2, 0.25) is 5.02 Å². The van der Waals surface area contributed by atoms with E-state index in [1.54, 1.807) is 10.1 Å². The van der Waals surface area contributed by atoms with E-state index in [-0.39, 0.29) is 17.3 Å². The largest absolute Gasteiger partial charge is 0.465 e. The van der Waals surface area contributed by atoms with Crippen LogP contribution in [-0.4, -0.2) is 21.9 Å². The molecule has 0 amide bonds. The van der Waals surface area contributed by atoms with Gasteiger partial charge in [-0.1, -0.05) is 24.9 Å². The lowest BCUT2D eigenvalue weighted by Gasteiger charge is -2.15. The molecule has 9 heteroatoms. The Morgan fingerprint density at radius 1 is 1.36 bits per heavy atom. The van der Waals surface area contributed by atoms with E-state index in [1.165, 1.54) is 11.3 Å². The Balaban J connectivity index is 1.87. The maximum atomic E-state index is 12.1. The van der Waals surface area contributed by atoms with Gasteiger partial charge in [-0.3, -0.25) is 14.3 Å². The number of carbonyl (C=O) groups is 1. The van der Waals surface area contributed by atoms with Gasteiger partial charge in [-0.25, -0.2) is 9.67 Å². The highest BCUT2D eigenvalue weighted by atomic mass is 35.5. The fourth-order valence-electron chi connectivity index (χ4n) is 2.64. The minimum atomic E-state index is -0.301. The van der Waals surface area contributed by atoms with Crippen molar-refractivity contribution in [3.63, 3.8) is 0 Å². The summed E-state index contributed by atoms with van der Waals surface area (Å²) in [4.78, 5) is 29.4. The highest BCUT2D eigenvalue weighted by Gasteiger charge is 2.17. The summed E-state index contributed by atoms with van der Waals surface area (Å²) in [7, 11) is 0. The lowest BCUT2D eigenvalue weighted by Crippen LogP contribution is -2.31. The average molecular weight is 402 g/mol. The van der Waals surface area contributed by atoms with Gasteiger partial charge in [0.2, 0.25) is 4.80 Å². The van der Waals surface area contributed by atoms with Crippen molar-refractivity contribution in [2.75, 3.05) is 6.61 Å². The van der Waals surface area contributed by atoms with Crippen molar-refractivity contribution in [1.82, 2.24) is 9.36 Å². The average Bonchev–Trinajstić information content (AvgIpc) is 3.10. The number of esters is 1. The van der Waals surface area contributed by atoms with E-state index in [0.717, 1.165) is 50.1 Å². The van der Waals surface area contributed by atoms with E-state index in [4.69, 9.17) is 16.3 Å². The predicted molar refractivity (Wildman–Crippen MR) is 99.9 cm³/mol. The molecular formula is C16H20ClN3O3S2. The Kier molecular flexibility index (Phi) is 6.14. The topological polar surface area (TPSA) is 65.6 Å². The summed E-state index contributed by atoms with van der Waals surface area (Å²) in [6.07, 6.45) is 3.96. The van der Waals surface area contributed by atoms with Gasteiger partial charge in [0.1, 0.15) is 5.00 Å².